The summed E-state index contributed by atoms with van der Waals surface area (Å²) in [6.45, 7) is 2.56. The molecule has 0 bridgehead atoms. The van der Waals surface area contributed by atoms with E-state index in [0.29, 0.717) is 39.6 Å². The second-order valence-corrected chi connectivity index (χ2v) is 9.20. The average molecular weight is 520 g/mol. The lowest BCUT2D eigenvalue weighted by Crippen LogP contribution is -2.34. The molecule has 7 nitrogen and oxygen atoms in total. The van der Waals surface area contributed by atoms with Crippen LogP contribution in [0.1, 0.15) is 29.7 Å². The number of nitrogens with one attached hydrogen (secondary N) is 2. The maximum Gasteiger partial charge on any atom is 0.251 e. The molecule has 2 N–H and O–H groups in total. The summed E-state index contributed by atoms with van der Waals surface area (Å²) in [6.07, 6.45) is 1.47. The number of anilines is 1. The highest BCUT2D eigenvalue weighted by atomic mass is 35.5. The summed E-state index contributed by atoms with van der Waals surface area (Å²) in [7, 11) is 0. The first-order valence-electron chi connectivity index (χ1n) is 11.4. The van der Waals surface area contributed by atoms with Crippen molar-refractivity contribution in [2.75, 3.05) is 5.32 Å². The molecule has 0 unspecified atom stereocenters. The number of benzene rings is 3. The van der Waals surface area contributed by atoms with E-state index in [1.54, 1.807) is 16.8 Å². The topological polar surface area (TPSA) is 81.1 Å². The number of aromatic nitrogens is 3. The molecule has 5 rings (SSSR count). The van der Waals surface area contributed by atoms with Crippen molar-refractivity contribution in [3.05, 3.63) is 117 Å². The van der Waals surface area contributed by atoms with E-state index in [4.69, 9.17) is 27.9 Å². The molecular formula is C27H23Cl2N5O2. The van der Waals surface area contributed by atoms with Crippen LogP contribution in [0.15, 0.2) is 90.4 Å². The summed E-state index contributed by atoms with van der Waals surface area (Å²) < 4.78 is 7.74. The van der Waals surface area contributed by atoms with Crippen LogP contribution in [0.25, 0.3) is 0 Å². The summed E-state index contributed by atoms with van der Waals surface area (Å²) in [5, 5.41) is 11.7. The third kappa shape index (κ3) is 5.08. The monoisotopic (exact) mass is 519 g/mol. The van der Waals surface area contributed by atoms with E-state index >= 15 is 0 Å². The number of hydrogen-bond acceptors (Lipinski definition) is 5. The van der Waals surface area contributed by atoms with Gasteiger partial charge in [-0.15, -0.1) is 0 Å². The van der Waals surface area contributed by atoms with Gasteiger partial charge in [0.05, 0.1) is 5.57 Å². The Morgan fingerprint density at radius 2 is 1.92 bits per heavy atom. The Labute approximate surface area is 218 Å². The lowest BCUT2D eigenvalue weighted by atomic mass is 9.95. The number of carbonyl (C=O) groups is 1. The standard InChI is InChI=1S/C27H23Cl2N5O2/c1-17-24(26(35)30-14-18-6-3-2-4-7-18)25(34-27(33-17)31-16-32-34)19-8-5-9-22(12-19)36-15-20-10-11-21(28)13-23(20)29/h2-13,16,25H,14-15H2,1H3,(H,30,35)(H,31,32,33)/t25-/m1/s1. The van der Waals surface area contributed by atoms with Crippen LogP contribution in [-0.4, -0.2) is 20.7 Å². The smallest absolute Gasteiger partial charge is 0.251 e. The van der Waals surface area contributed by atoms with Crippen molar-refractivity contribution < 1.29 is 9.53 Å². The van der Waals surface area contributed by atoms with Gasteiger partial charge in [0.25, 0.3) is 5.91 Å². The minimum absolute atomic E-state index is 0.186. The third-order valence-electron chi connectivity index (χ3n) is 5.92. The van der Waals surface area contributed by atoms with Crippen molar-refractivity contribution in [2.24, 2.45) is 0 Å². The Balaban J connectivity index is 1.42. The number of nitrogens with zero attached hydrogens (tertiary/aromatic N) is 3. The minimum Gasteiger partial charge on any atom is -0.489 e. The molecule has 2 heterocycles. The van der Waals surface area contributed by atoms with Crippen LogP contribution in [0.2, 0.25) is 10.0 Å². The molecule has 0 saturated carbocycles. The Morgan fingerprint density at radius 3 is 2.72 bits per heavy atom. The van der Waals surface area contributed by atoms with Crippen molar-refractivity contribution in [3.63, 3.8) is 0 Å². The number of allylic oxidation sites excluding steroid dienone is 1. The van der Waals surface area contributed by atoms with E-state index in [-0.39, 0.29) is 12.5 Å². The second-order valence-electron chi connectivity index (χ2n) is 8.36. The van der Waals surface area contributed by atoms with Crippen LogP contribution in [0.4, 0.5) is 5.95 Å². The van der Waals surface area contributed by atoms with E-state index in [1.807, 2.05) is 67.6 Å². The predicted molar refractivity (Wildman–Crippen MR) is 140 cm³/mol. The van der Waals surface area contributed by atoms with Crippen LogP contribution in [0.5, 0.6) is 5.75 Å². The van der Waals surface area contributed by atoms with Crippen LogP contribution in [-0.2, 0) is 17.9 Å². The maximum absolute atomic E-state index is 13.4. The Kier molecular flexibility index (Phi) is 6.93. The van der Waals surface area contributed by atoms with E-state index in [0.717, 1.165) is 16.7 Å². The third-order valence-corrected chi connectivity index (χ3v) is 6.51. The summed E-state index contributed by atoms with van der Waals surface area (Å²) in [5.41, 5.74) is 3.95. The van der Waals surface area contributed by atoms with Gasteiger partial charge in [0.1, 0.15) is 24.7 Å². The van der Waals surface area contributed by atoms with Gasteiger partial charge in [-0.2, -0.15) is 10.1 Å². The molecule has 0 aliphatic carbocycles. The van der Waals surface area contributed by atoms with Gasteiger partial charge >= 0.3 is 0 Å². The fraction of sp³-hybridized carbons (Fsp3) is 0.148. The predicted octanol–water partition coefficient (Wildman–Crippen LogP) is 5.77. The van der Waals surface area contributed by atoms with E-state index in [2.05, 4.69) is 20.7 Å². The van der Waals surface area contributed by atoms with Crippen molar-refractivity contribution in [1.82, 2.24) is 20.1 Å². The lowest BCUT2D eigenvalue weighted by molar-refractivity contribution is -0.118. The zero-order chi connectivity index (χ0) is 25.1. The van der Waals surface area contributed by atoms with Gasteiger partial charge in [-0.3, -0.25) is 4.79 Å². The van der Waals surface area contributed by atoms with Crippen molar-refractivity contribution >= 4 is 35.1 Å². The van der Waals surface area contributed by atoms with Crippen LogP contribution < -0.4 is 15.4 Å². The van der Waals surface area contributed by atoms with Gasteiger partial charge in [0.15, 0.2) is 0 Å². The highest BCUT2D eigenvalue weighted by Crippen LogP contribution is 2.36. The molecule has 1 amide bonds. The molecule has 4 aromatic rings. The molecule has 1 aliphatic rings. The SMILES string of the molecule is CC1=C(C(=O)NCc2ccccc2)[C@@H](c2cccc(OCc3ccc(Cl)cc3Cl)c2)n2ncnc2N1. The highest BCUT2D eigenvalue weighted by Gasteiger charge is 2.33. The number of fused-ring (bicyclic) bond motifs is 1. The van der Waals surface area contributed by atoms with E-state index < -0.39 is 6.04 Å². The minimum atomic E-state index is -0.484. The summed E-state index contributed by atoms with van der Waals surface area (Å²) in [5.74, 6) is 1.02. The molecule has 36 heavy (non-hydrogen) atoms. The number of rotatable bonds is 7. The first-order valence-corrected chi connectivity index (χ1v) is 12.1. The molecule has 0 saturated heterocycles. The quantitative estimate of drug-likeness (QED) is 0.324. The van der Waals surface area contributed by atoms with Gasteiger partial charge in [0, 0.05) is 27.9 Å². The van der Waals surface area contributed by atoms with Crippen LogP contribution in [0, 0.1) is 0 Å². The van der Waals surface area contributed by atoms with Crippen LogP contribution >= 0.6 is 23.2 Å². The number of hydrogen-bond donors (Lipinski definition) is 2. The molecule has 9 heteroatoms. The number of carbonyl (C=O) groups excluding carboxylic acids is 1. The van der Waals surface area contributed by atoms with Gasteiger partial charge in [-0.25, -0.2) is 4.68 Å². The lowest BCUT2D eigenvalue weighted by Gasteiger charge is -2.29. The summed E-state index contributed by atoms with van der Waals surface area (Å²) in [4.78, 5) is 17.7. The maximum atomic E-state index is 13.4. The van der Waals surface area contributed by atoms with E-state index in [1.165, 1.54) is 6.33 Å². The van der Waals surface area contributed by atoms with Gasteiger partial charge in [0.2, 0.25) is 5.95 Å². The van der Waals surface area contributed by atoms with Crippen LogP contribution in [0.3, 0.4) is 0 Å². The largest absolute Gasteiger partial charge is 0.489 e. The molecular weight excluding hydrogens is 497 g/mol. The molecule has 3 aromatic carbocycles. The van der Waals surface area contributed by atoms with Crippen molar-refractivity contribution in [1.29, 1.82) is 0 Å². The highest BCUT2D eigenvalue weighted by molar-refractivity contribution is 6.35. The van der Waals surface area contributed by atoms with E-state index in [9.17, 15) is 4.79 Å². The molecule has 0 fully saturated rings. The summed E-state index contributed by atoms with van der Waals surface area (Å²) in [6, 6.07) is 22.2. The molecule has 1 atom stereocenters. The normalized spacial score (nSPS) is 14.7. The first-order chi connectivity index (χ1) is 17.5. The second kappa shape index (κ2) is 10.4. The fourth-order valence-electron chi connectivity index (χ4n) is 4.14. The number of ether oxygens (including phenoxy) is 1. The van der Waals surface area contributed by atoms with Gasteiger partial charge < -0.3 is 15.4 Å². The molecule has 0 radical (unpaired) electrons. The Hall–Kier alpha value is -3.81. The van der Waals surface area contributed by atoms with Gasteiger partial charge in [-0.05, 0) is 42.3 Å². The average Bonchev–Trinajstić information content (AvgIpc) is 3.35. The Morgan fingerprint density at radius 1 is 1.08 bits per heavy atom. The van der Waals surface area contributed by atoms with Crippen molar-refractivity contribution in [3.8, 4) is 5.75 Å². The van der Waals surface area contributed by atoms with Crippen molar-refractivity contribution in [2.45, 2.75) is 26.1 Å². The summed E-state index contributed by atoms with van der Waals surface area (Å²) >= 11 is 12.3. The fourth-order valence-corrected chi connectivity index (χ4v) is 4.60. The molecule has 0 spiro atoms. The zero-order valence-electron chi connectivity index (χ0n) is 19.4. The first kappa shape index (κ1) is 23.9. The molecule has 1 aliphatic heterocycles. The Bertz CT molecular complexity index is 1440. The zero-order valence-corrected chi connectivity index (χ0v) is 20.9. The molecule has 1 aromatic heterocycles. The molecule has 182 valence electrons. The number of halogens is 2. The van der Waals surface area contributed by atoms with Gasteiger partial charge in [-0.1, -0.05) is 71.7 Å². The number of amides is 1.